The van der Waals surface area contributed by atoms with E-state index >= 15 is 0 Å². The number of nitrogens with one attached hydrogen (secondary N) is 3. The van der Waals surface area contributed by atoms with Crippen LogP contribution in [0.2, 0.25) is 0 Å². The van der Waals surface area contributed by atoms with E-state index in [1.165, 1.54) is 0 Å². The van der Waals surface area contributed by atoms with E-state index in [-0.39, 0.29) is 30.8 Å². The SMILES string of the molecule is COc1cc(C2CC(=O)Nc3c2c(C)nn3-c2nc3ccccc3[nH]2)cc2c1OCC(=O)N2. The Bertz CT molecular complexity index is 1420. The summed E-state index contributed by atoms with van der Waals surface area (Å²) in [4.78, 5) is 32.5. The molecule has 0 bridgehead atoms. The zero-order chi connectivity index (χ0) is 22.7. The number of nitrogens with zero attached hydrogens (tertiary/aromatic N) is 3. The Hall–Kier alpha value is -4.34. The smallest absolute Gasteiger partial charge is 0.262 e. The number of H-pyrrole nitrogens is 1. The molecule has 0 radical (unpaired) electrons. The first kappa shape index (κ1) is 19.4. The molecule has 2 aromatic heterocycles. The van der Waals surface area contributed by atoms with E-state index in [9.17, 15) is 9.59 Å². The minimum Gasteiger partial charge on any atom is -0.493 e. The molecule has 0 saturated heterocycles. The number of amides is 2. The van der Waals surface area contributed by atoms with Crippen LogP contribution in [0.1, 0.15) is 29.2 Å². The number of rotatable bonds is 3. The lowest BCUT2D eigenvalue weighted by atomic mass is 9.85. The van der Waals surface area contributed by atoms with E-state index in [1.54, 1.807) is 11.8 Å². The van der Waals surface area contributed by atoms with Crippen LogP contribution < -0.4 is 20.1 Å². The summed E-state index contributed by atoms with van der Waals surface area (Å²) < 4.78 is 12.7. The van der Waals surface area contributed by atoms with Gasteiger partial charge in [0.1, 0.15) is 5.82 Å². The van der Waals surface area contributed by atoms with Crippen molar-refractivity contribution in [1.29, 1.82) is 0 Å². The molecule has 1 atom stereocenters. The molecule has 3 N–H and O–H groups in total. The van der Waals surface area contributed by atoms with Crippen LogP contribution in [-0.2, 0) is 9.59 Å². The van der Waals surface area contributed by atoms with Crippen molar-refractivity contribution in [2.24, 2.45) is 0 Å². The molecule has 2 aromatic carbocycles. The number of para-hydroxylation sites is 2. The third-order valence-electron chi connectivity index (χ3n) is 6.00. The third kappa shape index (κ3) is 3.02. The van der Waals surface area contributed by atoms with Crippen LogP contribution in [0.3, 0.4) is 0 Å². The predicted octanol–water partition coefficient (Wildman–Crippen LogP) is 2.87. The Morgan fingerprint density at radius 2 is 2.00 bits per heavy atom. The highest BCUT2D eigenvalue weighted by Crippen LogP contribution is 2.45. The first-order valence-electron chi connectivity index (χ1n) is 10.5. The summed E-state index contributed by atoms with van der Waals surface area (Å²) >= 11 is 0. The molecular formula is C23H20N6O4. The van der Waals surface area contributed by atoms with E-state index in [0.29, 0.717) is 29.0 Å². The maximum Gasteiger partial charge on any atom is 0.262 e. The molecule has 166 valence electrons. The molecule has 0 fully saturated rings. The van der Waals surface area contributed by atoms with Crippen molar-refractivity contribution in [1.82, 2.24) is 19.7 Å². The number of anilines is 2. The van der Waals surface area contributed by atoms with E-state index < -0.39 is 0 Å². The Kier molecular flexibility index (Phi) is 4.16. The highest BCUT2D eigenvalue weighted by Gasteiger charge is 2.35. The van der Waals surface area contributed by atoms with Gasteiger partial charge in [-0.3, -0.25) is 9.59 Å². The molecule has 2 amide bonds. The van der Waals surface area contributed by atoms with Gasteiger partial charge in [-0.25, -0.2) is 4.98 Å². The second-order valence-electron chi connectivity index (χ2n) is 8.08. The zero-order valence-electron chi connectivity index (χ0n) is 17.9. The molecule has 1 unspecified atom stereocenters. The lowest BCUT2D eigenvalue weighted by Gasteiger charge is -2.27. The fraction of sp³-hybridized carbons (Fsp3) is 0.217. The molecular weight excluding hydrogens is 424 g/mol. The van der Waals surface area contributed by atoms with Crippen molar-refractivity contribution in [3.05, 3.63) is 53.2 Å². The molecule has 6 rings (SSSR count). The van der Waals surface area contributed by atoms with Gasteiger partial charge in [0.15, 0.2) is 18.1 Å². The van der Waals surface area contributed by atoms with Crippen LogP contribution in [0.15, 0.2) is 36.4 Å². The van der Waals surface area contributed by atoms with Crippen molar-refractivity contribution in [3.63, 3.8) is 0 Å². The number of hydrogen-bond acceptors (Lipinski definition) is 6. The highest BCUT2D eigenvalue weighted by atomic mass is 16.5. The molecule has 2 aliphatic rings. The lowest BCUT2D eigenvalue weighted by Crippen LogP contribution is -2.27. The average molecular weight is 444 g/mol. The fourth-order valence-electron chi connectivity index (χ4n) is 4.57. The summed E-state index contributed by atoms with van der Waals surface area (Å²) in [7, 11) is 1.54. The van der Waals surface area contributed by atoms with Gasteiger partial charge >= 0.3 is 0 Å². The van der Waals surface area contributed by atoms with Gasteiger partial charge in [-0.1, -0.05) is 12.1 Å². The van der Waals surface area contributed by atoms with Crippen LogP contribution in [0.4, 0.5) is 11.5 Å². The minimum absolute atomic E-state index is 0.0674. The zero-order valence-corrected chi connectivity index (χ0v) is 17.9. The van der Waals surface area contributed by atoms with Crippen LogP contribution in [0.5, 0.6) is 11.5 Å². The predicted molar refractivity (Wildman–Crippen MR) is 120 cm³/mol. The lowest BCUT2D eigenvalue weighted by molar-refractivity contribution is -0.119. The molecule has 0 spiro atoms. The van der Waals surface area contributed by atoms with Gasteiger partial charge in [-0.05, 0) is 36.8 Å². The number of fused-ring (bicyclic) bond motifs is 3. The Morgan fingerprint density at radius 3 is 2.82 bits per heavy atom. The molecule has 10 heteroatoms. The third-order valence-corrected chi connectivity index (χ3v) is 6.00. The van der Waals surface area contributed by atoms with E-state index in [4.69, 9.17) is 14.6 Å². The second-order valence-corrected chi connectivity index (χ2v) is 8.08. The highest BCUT2D eigenvalue weighted by molar-refractivity contribution is 5.97. The molecule has 4 aromatic rings. The first-order valence-corrected chi connectivity index (χ1v) is 10.5. The number of benzene rings is 2. The number of aromatic nitrogens is 4. The number of methoxy groups -OCH3 is 1. The molecule has 0 aliphatic carbocycles. The molecule has 33 heavy (non-hydrogen) atoms. The van der Waals surface area contributed by atoms with Gasteiger partial charge < -0.3 is 25.1 Å². The number of carbonyl (C=O) groups is 2. The van der Waals surface area contributed by atoms with Crippen LogP contribution in [0, 0.1) is 6.92 Å². The monoisotopic (exact) mass is 444 g/mol. The Labute approximate surface area is 187 Å². The van der Waals surface area contributed by atoms with Gasteiger partial charge in [0, 0.05) is 17.9 Å². The van der Waals surface area contributed by atoms with Gasteiger partial charge in [0.25, 0.3) is 5.91 Å². The van der Waals surface area contributed by atoms with E-state index in [2.05, 4.69) is 20.6 Å². The first-order chi connectivity index (χ1) is 16.0. The number of aryl methyl sites for hydroxylation is 1. The maximum atomic E-state index is 12.8. The average Bonchev–Trinajstić information content (AvgIpc) is 3.38. The van der Waals surface area contributed by atoms with E-state index in [0.717, 1.165) is 27.9 Å². The molecule has 10 nitrogen and oxygen atoms in total. The molecule has 0 saturated carbocycles. The van der Waals surface area contributed by atoms with Gasteiger partial charge in [-0.15, -0.1) is 0 Å². The normalized spacial score (nSPS) is 17.1. The van der Waals surface area contributed by atoms with E-state index in [1.807, 2.05) is 43.3 Å². The topological polar surface area (TPSA) is 123 Å². The second kappa shape index (κ2) is 7.09. The van der Waals surface area contributed by atoms with Gasteiger partial charge in [0.2, 0.25) is 11.9 Å². The number of aromatic amines is 1. The number of carbonyl (C=O) groups excluding carboxylic acids is 2. The summed E-state index contributed by atoms with van der Waals surface area (Å²) in [5.41, 5.74) is 4.69. The van der Waals surface area contributed by atoms with Crippen molar-refractivity contribution in [2.45, 2.75) is 19.3 Å². The van der Waals surface area contributed by atoms with Gasteiger partial charge in [0.05, 0.1) is 29.5 Å². The summed E-state index contributed by atoms with van der Waals surface area (Å²) in [6.45, 7) is 1.84. The molecule has 2 aliphatic heterocycles. The van der Waals surface area contributed by atoms with Crippen LogP contribution in [0.25, 0.3) is 17.0 Å². The number of imidazole rings is 1. The minimum atomic E-state index is -0.287. The summed E-state index contributed by atoms with van der Waals surface area (Å²) in [5.74, 6) is 1.41. The van der Waals surface area contributed by atoms with Crippen molar-refractivity contribution in [2.75, 3.05) is 24.4 Å². The fourth-order valence-corrected chi connectivity index (χ4v) is 4.57. The molecule has 4 heterocycles. The van der Waals surface area contributed by atoms with Crippen molar-refractivity contribution in [3.8, 4) is 17.4 Å². The van der Waals surface area contributed by atoms with Crippen molar-refractivity contribution < 1.29 is 19.1 Å². The number of hydrogen-bond donors (Lipinski definition) is 3. The summed E-state index contributed by atoms with van der Waals surface area (Å²) in [5, 5.41) is 10.5. The Morgan fingerprint density at radius 1 is 1.15 bits per heavy atom. The summed E-state index contributed by atoms with van der Waals surface area (Å²) in [6.07, 6.45) is 0.233. The Balaban J connectivity index is 1.50. The van der Waals surface area contributed by atoms with Gasteiger partial charge in [-0.2, -0.15) is 9.78 Å². The standard InChI is InChI=1S/C23H20N6O4/c1-11-20-13(12-7-16-21(17(8-12)32-2)33-10-19(31)24-16)9-18(30)27-22(20)29(28-11)23-25-14-5-3-4-6-15(14)26-23/h3-8,13H,9-10H2,1-2H3,(H,24,31)(H,25,26)(H,27,30). The summed E-state index contributed by atoms with van der Waals surface area (Å²) in [6, 6.07) is 11.4. The van der Waals surface area contributed by atoms with Crippen LogP contribution >= 0.6 is 0 Å². The largest absolute Gasteiger partial charge is 0.493 e. The van der Waals surface area contributed by atoms with Crippen molar-refractivity contribution >= 4 is 34.4 Å². The quantitative estimate of drug-likeness (QED) is 0.447. The maximum absolute atomic E-state index is 12.8. The number of ether oxygens (including phenoxy) is 2. The van der Waals surface area contributed by atoms with Crippen LogP contribution in [-0.4, -0.2) is 45.3 Å².